The molecular weight excluding hydrogens is 396 g/mol. The van der Waals surface area contributed by atoms with E-state index in [0.29, 0.717) is 26.1 Å². The molecule has 0 spiro atoms. The molecule has 1 aromatic heterocycles. The van der Waals surface area contributed by atoms with Crippen LogP contribution in [0.4, 0.5) is 5.13 Å². The number of hydrogen-bond acceptors (Lipinski definition) is 6. The molecule has 0 radical (unpaired) electrons. The van der Waals surface area contributed by atoms with Gasteiger partial charge in [0.15, 0.2) is 5.13 Å². The summed E-state index contributed by atoms with van der Waals surface area (Å²) in [6.07, 6.45) is 3.56. The molecule has 1 aromatic carbocycles. The molecule has 2 aliphatic heterocycles. The van der Waals surface area contributed by atoms with Crippen molar-refractivity contribution in [3.05, 3.63) is 23.8 Å². The van der Waals surface area contributed by atoms with Crippen LogP contribution in [0.15, 0.2) is 18.2 Å². The molecule has 2 saturated heterocycles. The summed E-state index contributed by atoms with van der Waals surface area (Å²) in [4.78, 5) is 21.7. The minimum Gasteiger partial charge on any atom is -0.345 e. The van der Waals surface area contributed by atoms with E-state index < -0.39 is 16.1 Å². The lowest BCUT2D eigenvalue weighted by Gasteiger charge is -2.36. The lowest BCUT2D eigenvalue weighted by atomic mass is 10.2. The van der Waals surface area contributed by atoms with E-state index in [9.17, 15) is 13.2 Å². The van der Waals surface area contributed by atoms with Crippen LogP contribution in [-0.2, 0) is 21.2 Å². The average molecular weight is 423 g/mol. The quantitative estimate of drug-likeness (QED) is 0.753. The monoisotopic (exact) mass is 422 g/mol. The van der Waals surface area contributed by atoms with E-state index in [4.69, 9.17) is 4.98 Å². The number of amides is 1. The fourth-order valence-corrected chi connectivity index (χ4v) is 6.22. The number of piperazine rings is 1. The summed E-state index contributed by atoms with van der Waals surface area (Å²) in [5.74, 6) is -0.0561. The van der Waals surface area contributed by atoms with E-state index in [1.54, 1.807) is 11.3 Å². The maximum absolute atomic E-state index is 12.9. The van der Waals surface area contributed by atoms with Crippen molar-refractivity contribution in [1.29, 1.82) is 0 Å². The van der Waals surface area contributed by atoms with Gasteiger partial charge in [-0.1, -0.05) is 24.3 Å². The Morgan fingerprint density at radius 2 is 1.96 bits per heavy atom. The standard InChI is InChI=1S/C19H26N4O3S2/c1-3-14-6-7-15-17(13-14)27-19(20-15)22-11-9-21(10-12-22)18(24)16-5-4-8-23(16)28(2,25)26/h6-7,13,16H,3-5,8-12H2,1-2H3. The number of thiazole rings is 1. The first-order valence-electron chi connectivity index (χ1n) is 9.77. The molecule has 7 nitrogen and oxygen atoms in total. The number of nitrogens with zero attached hydrogens (tertiary/aromatic N) is 4. The Morgan fingerprint density at radius 3 is 2.64 bits per heavy atom. The number of aromatic nitrogens is 1. The zero-order valence-electron chi connectivity index (χ0n) is 16.3. The normalized spacial score (nSPS) is 21.6. The zero-order valence-corrected chi connectivity index (χ0v) is 17.9. The molecule has 152 valence electrons. The highest BCUT2D eigenvalue weighted by atomic mass is 32.2. The van der Waals surface area contributed by atoms with E-state index >= 15 is 0 Å². The number of carbonyl (C=O) groups excluding carboxylic acids is 1. The van der Waals surface area contributed by atoms with Gasteiger partial charge in [-0.2, -0.15) is 4.31 Å². The summed E-state index contributed by atoms with van der Waals surface area (Å²) >= 11 is 1.70. The highest BCUT2D eigenvalue weighted by Crippen LogP contribution is 2.30. The van der Waals surface area contributed by atoms with Gasteiger partial charge in [0.25, 0.3) is 0 Å². The van der Waals surface area contributed by atoms with Gasteiger partial charge in [0, 0.05) is 32.7 Å². The molecule has 1 amide bonds. The van der Waals surface area contributed by atoms with Crippen molar-refractivity contribution in [1.82, 2.24) is 14.2 Å². The summed E-state index contributed by atoms with van der Waals surface area (Å²) in [7, 11) is -3.34. The number of anilines is 1. The molecule has 9 heteroatoms. The molecule has 4 rings (SSSR count). The van der Waals surface area contributed by atoms with E-state index in [0.717, 1.165) is 36.6 Å². The first-order valence-corrected chi connectivity index (χ1v) is 12.4. The fourth-order valence-electron chi connectivity index (χ4n) is 4.02. The molecule has 1 atom stereocenters. The van der Waals surface area contributed by atoms with Crippen molar-refractivity contribution in [2.75, 3.05) is 43.9 Å². The summed E-state index contributed by atoms with van der Waals surface area (Å²) in [6.45, 7) is 5.23. The van der Waals surface area contributed by atoms with Gasteiger partial charge in [0.05, 0.1) is 16.5 Å². The maximum atomic E-state index is 12.9. The van der Waals surface area contributed by atoms with Crippen LogP contribution in [-0.4, -0.2) is 73.5 Å². The van der Waals surface area contributed by atoms with Crippen LogP contribution in [0.5, 0.6) is 0 Å². The highest BCUT2D eigenvalue weighted by Gasteiger charge is 2.39. The van der Waals surface area contributed by atoms with Crippen molar-refractivity contribution in [3.63, 3.8) is 0 Å². The fraction of sp³-hybridized carbons (Fsp3) is 0.579. The second-order valence-corrected chi connectivity index (χ2v) is 10.4. The van der Waals surface area contributed by atoms with Crippen molar-refractivity contribution >= 4 is 42.6 Å². The molecule has 3 heterocycles. The third-order valence-corrected chi connectivity index (χ3v) is 7.99. The SMILES string of the molecule is CCc1ccc2nc(N3CCN(C(=O)C4CCCN4S(C)(=O)=O)CC3)sc2c1. The Morgan fingerprint density at radius 1 is 1.21 bits per heavy atom. The predicted molar refractivity (Wildman–Crippen MR) is 112 cm³/mol. The Hall–Kier alpha value is -1.71. The number of benzene rings is 1. The largest absolute Gasteiger partial charge is 0.345 e. The molecule has 2 fully saturated rings. The number of hydrogen-bond donors (Lipinski definition) is 0. The molecule has 0 saturated carbocycles. The minimum absolute atomic E-state index is 0.0561. The van der Waals surface area contributed by atoms with Gasteiger partial charge in [-0.25, -0.2) is 13.4 Å². The van der Waals surface area contributed by atoms with Crippen LogP contribution < -0.4 is 4.90 Å². The Bertz CT molecular complexity index is 980. The smallest absolute Gasteiger partial charge is 0.241 e. The number of fused-ring (bicyclic) bond motifs is 1. The number of sulfonamides is 1. The van der Waals surface area contributed by atoms with Crippen LogP contribution in [0, 0.1) is 0 Å². The van der Waals surface area contributed by atoms with Crippen LogP contribution in [0.25, 0.3) is 10.2 Å². The summed E-state index contributed by atoms with van der Waals surface area (Å²) < 4.78 is 26.4. The zero-order chi connectivity index (χ0) is 19.9. The van der Waals surface area contributed by atoms with Crippen LogP contribution in [0.3, 0.4) is 0 Å². The highest BCUT2D eigenvalue weighted by molar-refractivity contribution is 7.88. The molecular formula is C19H26N4O3S2. The molecule has 2 aliphatic rings. The van der Waals surface area contributed by atoms with E-state index in [2.05, 4.69) is 30.0 Å². The number of aryl methyl sites for hydroxylation is 1. The van der Waals surface area contributed by atoms with Gasteiger partial charge in [-0.3, -0.25) is 4.79 Å². The van der Waals surface area contributed by atoms with Crippen molar-refractivity contribution < 1.29 is 13.2 Å². The Kier molecular flexibility index (Phi) is 5.32. The van der Waals surface area contributed by atoms with E-state index in [-0.39, 0.29) is 5.91 Å². The van der Waals surface area contributed by atoms with Crippen molar-refractivity contribution in [2.24, 2.45) is 0 Å². The first kappa shape index (κ1) is 19.6. The molecule has 0 N–H and O–H groups in total. The second kappa shape index (κ2) is 7.61. The van der Waals surface area contributed by atoms with Gasteiger partial charge in [0.2, 0.25) is 15.9 Å². The molecule has 0 aliphatic carbocycles. The van der Waals surface area contributed by atoms with Gasteiger partial charge >= 0.3 is 0 Å². The van der Waals surface area contributed by atoms with Crippen LogP contribution in [0.2, 0.25) is 0 Å². The second-order valence-electron chi connectivity index (χ2n) is 7.50. The van der Waals surface area contributed by atoms with Crippen molar-refractivity contribution in [3.8, 4) is 0 Å². The third kappa shape index (κ3) is 3.75. The topological polar surface area (TPSA) is 73.8 Å². The summed E-state index contributed by atoms with van der Waals surface area (Å²) in [6, 6.07) is 5.87. The molecule has 2 aromatic rings. The van der Waals surface area contributed by atoms with Crippen molar-refractivity contribution in [2.45, 2.75) is 32.2 Å². The van der Waals surface area contributed by atoms with Crippen LogP contribution >= 0.6 is 11.3 Å². The summed E-state index contributed by atoms with van der Waals surface area (Å²) in [5.41, 5.74) is 2.33. The Labute approximate surface area is 170 Å². The van der Waals surface area contributed by atoms with Gasteiger partial charge in [0.1, 0.15) is 6.04 Å². The van der Waals surface area contributed by atoms with Gasteiger partial charge < -0.3 is 9.80 Å². The van der Waals surface area contributed by atoms with E-state index in [1.807, 2.05) is 4.90 Å². The molecule has 28 heavy (non-hydrogen) atoms. The van der Waals surface area contributed by atoms with E-state index in [1.165, 1.54) is 20.8 Å². The lowest BCUT2D eigenvalue weighted by molar-refractivity contribution is -0.134. The van der Waals surface area contributed by atoms with Crippen LogP contribution in [0.1, 0.15) is 25.3 Å². The lowest BCUT2D eigenvalue weighted by Crippen LogP contribution is -2.54. The molecule has 0 bridgehead atoms. The third-order valence-electron chi connectivity index (χ3n) is 5.63. The van der Waals surface area contributed by atoms with Gasteiger partial charge in [-0.05, 0) is 37.0 Å². The average Bonchev–Trinajstić information content (AvgIpc) is 3.33. The maximum Gasteiger partial charge on any atom is 0.241 e. The number of rotatable bonds is 4. The predicted octanol–water partition coefficient (Wildman–Crippen LogP) is 1.93. The minimum atomic E-state index is -3.34. The number of carbonyl (C=O) groups is 1. The first-order chi connectivity index (χ1) is 13.4. The van der Waals surface area contributed by atoms with Gasteiger partial charge in [-0.15, -0.1) is 0 Å². The Balaban J connectivity index is 1.42. The summed E-state index contributed by atoms with van der Waals surface area (Å²) in [5, 5.41) is 0.994. The molecule has 1 unspecified atom stereocenters.